The second-order valence-corrected chi connectivity index (χ2v) is 3.78. The summed E-state index contributed by atoms with van der Waals surface area (Å²) < 4.78 is 26.1. The van der Waals surface area contributed by atoms with Gasteiger partial charge in [-0.2, -0.15) is 5.26 Å². The summed E-state index contributed by atoms with van der Waals surface area (Å²) in [6.07, 6.45) is 0.338. The van der Waals surface area contributed by atoms with Crippen molar-refractivity contribution in [3.05, 3.63) is 59.7 Å². The van der Waals surface area contributed by atoms with Gasteiger partial charge in [-0.15, -0.1) is 0 Å². The maximum atomic E-state index is 13.4. The molecule has 0 radical (unpaired) electrons. The molecule has 0 heterocycles. The molecular weight excluding hydrogens is 234 g/mol. The van der Waals surface area contributed by atoms with Crippen molar-refractivity contribution in [2.24, 2.45) is 0 Å². The van der Waals surface area contributed by atoms with Crippen LogP contribution in [0.4, 0.5) is 20.2 Å². The van der Waals surface area contributed by atoms with E-state index in [1.165, 1.54) is 12.1 Å². The van der Waals surface area contributed by atoms with Gasteiger partial charge < -0.3 is 5.32 Å². The van der Waals surface area contributed by atoms with Crippen LogP contribution in [0, 0.1) is 23.0 Å². The minimum atomic E-state index is -0.642. The monoisotopic (exact) mass is 244 g/mol. The second kappa shape index (κ2) is 5.28. The van der Waals surface area contributed by atoms with Crippen LogP contribution in [0.15, 0.2) is 42.5 Å². The molecule has 0 atom stereocenters. The molecule has 0 aromatic heterocycles. The highest BCUT2D eigenvalue weighted by molar-refractivity contribution is 5.60. The van der Waals surface area contributed by atoms with Crippen molar-refractivity contribution < 1.29 is 8.78 Å². The minimum Gasteiger partial charge on any atom is -0.353 e. The van der Waals surface area contributed by atoms with E-state index in [4.69, 9.17) is 5.26 Å². The van der Waals surface area contributed by atoms with E-state index in [0.717, 1.165) is 11.6 Å². The van der Waals surface area contributed by atoms with E-state index in [2.05, 4.69) is 5.32 Å². The summed E-state index contributed by atoms with van der Waals surface area (Å²) >= 11 is 0. The number of anilines is 2. The van der Waals surface area contributed by atoms with Crippen LogP contribution in [-0.4, -0.2) is 0 Å². The van der Waals surface area contributed by atoms with Crippen LogP contribution in [0.5, 0.6) is 0 Å². The molecule has 0 aliphatic rings. The molecule has 0 fully saturated rings. The Balaban J connectivity index is 2.16. The van der Waals surface area contributed by atoms with Crippen molar-refractivity contribution in [2.75, 3.05) is 5.32 Å². The fourth-order valence-electron chi connectivity index (χ4n) is 1.54. The quantitative estimate of drug-likeness (QED) is 0.891. The van der Waals surface area contributed by atoms with Crippen LogP contribution in [0.2, 0.25) is 0 Å². The highest BCUT2D eigenvalue weighted by Gasteiger charge is 2.03. The lowest BCUT2D eigenvalue weighted by atomic mass is 10.1. The van der Waals surface area contributed by atoms with Gasteiger partial charge in [-0.3, -0.25) is 0 Å². The molecule has 4 heteroatoms. The van der Waals surface area contributed by atoms with Crippen molar-refractivity contribution in [1.82, 2.24) is 0 Å². The maximum Gasteiger partial charge on any atom is 0.149 e. The Kier molecular flexibility index (Phi) is 3.54. The van der Waals surface area contributed by atoms with Crippen LogP contribution in [0.1, 0.15) is 5.56 Å². The van der Waals surface area contributed by atoms with Gasteiger partial charge in [0, 0.05) is 11.8 Å². The Bertz CT molecular complexity index is 586. The summed E-state index contributed by atoms with van der Waals surface area (Å²) in [5, 5.41) is 11.4. The third kappa shape index (κ3) is 2.83. The van der Waals surface area contributed by atoms with Gasteiger partial charge in [-0.05, 0) is 29.8 Å². The highest BCUT2D eigenvalue weighted by atomic mass is 19.1. The Morgan fingerprint density at radius 3 is 2.39 bits per heavy atom. The molecule has 0 saturated carbocycles. The van der Waals surface area contributed by atoms with E-state index in [0.29, 0.717) is 12.1 Å². The summed E-state index contributed by atoms with van der Waals surface area (Å²) in [6, 6.07) is 12.5. The third-order valence-electron chi connectivity index (χ3n) is 2.45. The number of nitrogens with zero attached hydrogens (tertiary/aromatic N) is 1. The molecule has 0 bridgehead atoms. The molecule has 2 aromatic rings. The molecule has 0 amide bonds. The third-order valence-corrected chi connectivity index (χ3v) is 2.45. The molecule has 0 aliphatic heterocycles. The van der Waals surface area contributed by atoms with Crippen molar-refractivity contribution in [3.63, 3.8) is 0 Å². The Morgan fingerprint density at radius 1 is 1.06 bits per heavy atom. The first-order chi connectivity index (χ1) is 8.69. The first-order valence-corrected chi connectivity index (χ1v) is 5.37. The van der Waals surface area contributed by atoms with E-state index in [-0.39, 0.29) is 5.69 Å². The number of nitrogens with one attached hydrogen (secondary N) is 1. The number of rotatable bonds is 3. The van der Waals surface area contributed by atoms with Gasteiger partial charge in [-0.25, -0.2) is 8.78 Å². The number of hydrogen-bond acceptors (Lipinski definition) is 2. The predicted molar refractivity (Wildman–Crippen MR) is 65.4 cm³/mol. The molecule has 90 valence electrons. The average molecular weight is 244 g/mol. The summed E-state index contributed by atoms with van der Waals surface area (Å²) in [5.41, 5.74) is 1.79. The van der Waals surface area contributed by atoms with E-state index in [1.54, 1.807) is 24.3 Å². The Labute approximate surface area is 103 Å². The van der Waals surface area contributed by atoms with Gasteiger partial charge in [0.2, 0.25) is 0 Å². The molecule has 18 heavy (non-hydrogen) atoms. The van der Waals surface area contributed by atoms with Gasteiger partial charge in [-0.1, -0.05) is 12.1 Å². The SMILES string of the molecule is N#CCc1ccc(Nc2ccc(F)cc2F)cc1. The molecule has 0 aliphatic carbocycles. The molecular formula is C14H10F2N2. The predicted octanol–water partition coefficient (Wildman–Crippen LogP) is 3.77. The van der Waals surface area contributed by atoms with Crippen molar-refractivity contribution >= 4 is 11.4 Å². The van der Waals surface area contributed by atoms with Gasteiger partial charge in [0.15, 0.2) is 0 Å². The van der Waals surface area contributed by atoms with E-state index in [9.17, 15) is 8.78 Å². The molecule has 2 aromatic carbocycles. The zero-order valence-corrected chi connectivity index (χ0v) is 9.45. The second-order valence-electron chi connectivity index (χ2n) is 3.78. The summed E-state index contributed by atoms with van der Waals surface area (Å²) in [4.78, 5) is 0. The van der Waals surface area contributed by atoms with Crippen LogP contribution in [0.25, 0.3) is 0 Å². The lowest BCUT2D eigenvalue weighted by Gasteiger charge is -2.07. The van der Waals surface area contributed by atoms with Gasteiger partial charge >= 0.3 is 0 Å². The number of nitriles is 1. The standard InChI is InChI=1S/C14H10F2N2/c15-11-3-6-14(13(16)9-11)18-12-4-1-10(2-5-12)7-8-17/h1-6,9,18H,7H2. The lowest BCUT2D eigenvalue weighted by molar-refractivity contribution is 0.586. The molecule has 0 spiro atoms. The summed E-state index contributed by atoms with van der Waals surface area (Å²) in [6.45, 7) is 0. The van der Waals surface area contributed by atoms with Crippen molar-refractivity contribution in [1.29, 1.82) is 5.26 Å². The van der Waals surface area contributed by atoms with E-state index >= 15 is 0 Å². The minimum absolute atomic E-state index is 0.212. The Hall–Kier alpha value is -2.41. The van der Waals surface area contributed by atoms with Crippen molar-refractivity contribution in [3.8, 4) is 6.07 Å². The molecule has 2 nitrogen and oxygen atoms in total. The first kappa shape index (κ1) is 12.1. The number of halogens is 2. The van der Waals surface area contributed by atoms with Crippen LogP contribution >= 0.6 is 0 Å². The zero-order valence-electron chi connectivity index (χ0n) is 9.45. The van der Waals surface area contributed by atoms with Gasteiger partial charge in [0.1, 0.15) is 11.6 Å². The summed E-state index contributed by atoms with van der Waals surface area (Å²) in [7, 11) is 0. The van der Waals surface area contributed by atoms with Gasteiger partial charge in [0.25, 0.3) is 0 Å². The smallest absolute Gasteiger partial charge is 0.149 e. The number of benzene rings is 2. The molecule has 0 saturated heterocycles. The van der Waals surface area contributed by atoms with Gasteiger partial charge in [0.05, 0.1) is 18.2 Å². The average Bonchev–Trinajstić information content (AvgIpc) is 2.35. The Morgan fingerprint density at radius 2 is 1.78 bits per heavy atom. The maximum absolute atomic E-state index is 13.4. The van der Waals surface area contributed by atoms with Crippen molar-refractivity contribution in [2.45, 2.75) is 6.42 Å². The van der Waals surface area contributed by atoms with Crippen LogP contribution < -0.4 is 5.32 Å². The van der Waals surface area contributed by atoms with E-state index < -0.39 is 11.6 Å². The topological polar surface area (TPSA) is 35.8 Å². The van der Waals surface area contributed by atoms with Crippen LogP contribution in [0.3, 0.4) is 0 Å². The fourth-order valence-corrected chi connectivity index (χ4v) is 1.54. The van der Waals surface area contributed by atoms with E-state index in [1.807, 2.05) is 6.07 Å². The molecule has 0 unspecified atom stereocenters. The fraction of sp³-hybridized carbons (Fsp3) is 0.0714. The zero-order chi connectivity index (χ0) is 13.0. The normalized spacial score (nSPS) is 9.83. The summed E-state index contributed by atoms with van der Waals surface area (Å²) in [5.74, 6) is -1.25. The highest BCUT2D eigenvalue weighted by Crippen LogP contribution is 2.21. The van der Waals surface area contributed by atoms with Crippen LogP contribution in [-0.2, 0) is 6.42 Å². The first-order valence-electron chi connectivity index (χ1n) is 5.37. The number of hydrogen-bond donors (Lipinski definition) is 1. The molecule has 1 N–H and O–H groups in total. The lowest BCUT2D eigenvalue weighted by Crippen LogP contribution is -1.94. The molecule has 2 rings (SSSR count). The largest absolute Gasteiger partial charge is 0.353 e.